The van der Waals surface area contributed by atoms with Crippen LogP contribution >= 0.6 is 0 Å². The molecule has 1 aliphatic rings. The molecule has 20 heavy (non-hydrogen) atoms. The molecule has 6 heteroatoms. The van der Waals surface area contributed by atoms with Gasteiger partial charge in [0.2, 0.25) is 5.89 Å². The lowest BCUT2D eigenvalue weighted by Gasteiger charge is -2.32. The fraction of sp³-hybridized carbons (Fsp3) is 0.429. The molecule has 3 rings (SSSR count). The lowest BCUT2D eigenvalue weighted by Crippen LogP contribution is -2.41. The zero-order valence-electron chi connectivity index (χ0n) is 12.1. The Kier molecular flexibility index (Phi) is 2.95. The van der Waals surface area contributed by atoms with E-state index >= 15 is 0 Å². The molecule has 1 fully saturated rings. The van der Waals surface area contributed by atoms with Crippen LogP contribution in [0.3, 0.4) is 0 Å². The summed E-state index contributed by atoms with van der Waals surface area (Å²) in [5, 5.41) is 0. The molecule has 1 aliphatic heterocycles. The Bertz CT molecular complexity index is 595. The highest BCUT2D eigenvalue weighted by atomic mass is 16.7. The van der Waals surface area contributed by atoms with Gasteiger partial charge in [0.05, 0.1) is 23.0 Å². The fourth-order valence-corrected chi connectivity index (χ4v) is 2.04. The summed E-state index contributed by atoms with van der Waals surface area (Å²) in [4.78, 5) is 8.48. The van der Waals surface area contributed by atoms with Crippen LogP contribution in [0.15, 0.2) is 35.2 Å². The molecule has 0 saturated carbocycles. The Labute approximate surface area is 118 Å². The molecule has 0 spiro atoms. The zero-order chi connectivity index (χ0) is 14.4. The smallest absolute Gasteiger partial charge is 0.445 e. The third-order valence-electron chi connectivity index (χ3n) is 3.96. The van der Waals surface area contributed by atoms with Gasteiger partial charge in [-0.15, -0.1) is 0 Å². The molecule has 3 heterocycles. The maximum absolute atomic E-state index is 5.99. The van der Waals surface area contributed by atoms with E-state index in [0.717, 1.165) is 11.2 Å². The summed E-state index contributed by atoms with van der Waals surface area (Å²) in [5.41, 5.74) is 0.824. The first-order valence-corrected chi connectivity index (χ1v) is 6.60. The van der Waals surface area contributed by atoms with E-state index in [1.807, 2.05) is 39.8 Å². The second-order valence-corrected chi connectivity index (χ2v) is 5.89. The molecule has 0 aliphatic carbocycles. The molecule has 104 valence electrons. The first kappa shape index (κ1) is 13.3. The van der Waals surface area contributed by atoms with Crippen molar-refractivity contribution in [2.45, 2.75) is 38.9 Å². The minimum Gasteiger partial charge on any atom is -0.445 e. The molecule has 0 atom stereocenters. The molecule has 0 unspecified atom stereocenters. The third kappa shape index (κ3) is 2.15. The minimum atomic E-state index is -0.477. The van der Waals surface area contributed by atoms with Gasteiger partial charge in [0, 0.05) is 11.8 Å². The van der Waals surface area contributed by atoms with Crippen molar-refractivity contribution in [2.75, 3.05) is 0 Å². The second kappa shape index (κ2) is 4.43. The Morgan fingerprint density at radius 2 is 1.70 bits per heavy atom. The van der Waals surface area contributed by atoms with E-state index in [-0.39, 0.29) is 11.2 Å². The van der Waals surface area contributed by atoms with Gasteiger partial charge in [-0.3, -0.25) is 4.98 Å². The standard InChI is InChI=1S/C14H17BN2O3/c1-13(2)14(3,4)20-15(19-13)11-9-10(5-6-16-11)12-17-7-8-18-12/h5-9H,1-4H3. The number of hydrogen-bond donors (Lipinski definition) is 0. The molecule has 0 aromatic carbocycles. The molecular weight excluding hydrogens is 255 g/mol. The van der Waals surface area contributed by atoms with Gasteiger partial charge in [-0.25, -0.2) is 4.98 Å². The predicted octanol–water partition coefficient (Wildman–Crippen LogP) is 2.04. The van der Waals surface area contributed by atoms with Crippen LogP contribution in [0.1, 0.15) is 27.7 Å². The van der Waals surface area contributed by atoms with Gasteiger partial charge in [-0.1, -0.05) is 0 Å². The number of nitrogens with zero attached hydrogens (tertiary/aromatic N) is 2. The van der Waals surface area contributed by atoms with Gasteiger partial charge in [-0.05, 0) is 39.8 Å². The van der Waals surface area contributed by atoms with Gasteiger partial charge in [-0.2, -0.15) is 0 Å². The monoisotopic (exact) mass is 272 g/mol. The molecule has 0 N–H and O–H groups in total. The van der Waals surface area contributed by atoms with Crippen molar-refractivity contribution in [3.05, 3.63) is 30.8 Å². The maximum Gasteiger partial charge on any atom is 0.514 e. The Hall–Kier alpha value is -1.66. The normalized spacial score (nSPS) is 20.3. The van der Waals surface area contributed by atoms with E-state index in [1.165, 1.54) is 0 Å². The van der Waals surface area contributed by atoms with Crippen molar-refractivity contribution in [1.82, 2.24) is 9.97 Å². The highest BCUT2D eigenvalue weighted by molar-refractivity contribution is 6.61. The summed E-state index contributed by atoms with van der Waals surface area (Å²) in [7, 11) is -0.477. The van der Waals surface area contributed by atoms with Gasteiger partial charge in [0.25, 0.3) is 0 Å². The van der Waals surface area contributed by atoms with Crippen LogP contribution in [0.5, 0.6) is 0 Å². The SMILES string of the molecule is CC1(C)OB(c2cc(-c3ncco3)ccn2)OC1(C)C. The van der Waals surface area contributed by atoms with Crippen LogP contribution in [-0.2, 0) is 9.31 Å². The van der Waals surface area contributed by atoms with Crippen LogP contribution in [0, 0.1) is 0 Å². The Morgan fingerprint density at radius 1 is 1.00 bits per heavy atom. The van der Waals surface area contributed by atoms with Crippen LogP contribution in [0.2, 0.25) is 0 Å². The van der Waals surface area contributed by atoms with Crippen LogP contribution in [0.4, 0.5) is 0 Å². The lowest BCUT2D eigenvalue weighted by atomic mass is 9.83. The van der Waals surface area contributed by atoms with E-state index in [1.54, 1.807) is 18.7 Å². The molecule has 5 nitrogen and oxygen atoms in total. The topological polar surface area (TPSA) is 57.4 Å². The quantitative estimate of drug-likeness (QED) is 0.783. The summed E-state index contributed by atoms with van der Waals surface area (Å²) >= 11 is 0. The average Bonchev–Trinajstić information content (AvgIpc) is 2.97. The Morgan fingerprint density at radius 3 is 2.30 bits per heavy atom. The van der Waals surface area contributed by atoms with Crippen LogP contribution in [-0.4, -0.2) is 28.3 Å². The first-order chi connectivity index (χ1) is 9.39. The molecule has 2 aromatic rings. The molecule has 1 saturated heterocycles. The van der Waals surface area contributed by atoms with Gasteiger partial charge < -0.3 is 13.7 Å². The fourth-order valence-electron chi connectivity index (χ4n) is 2.04. The predicted molar refractivity (Wildman–Crippen MR) is 75.5 cm³/mol. The van der Waals surface area contributed by atoms with Gasteiger partial charge in [0.15, 0.2) is 0 Å². The van der Waals surface area contributed by atoms with Crippen LogP contribution < -0.4 is 5.59 Å². The molecular formula is C14H17BN2O3. The minimum absolute atomic E-state index is 0.377. The van der Waals surface area contributed by atoms with Crippen molar-refractivity contribution in [3.63, 3.8) is 0 Å². The first-order valence-electron chi connectivity index (χ1n) is 6.60. The average molecular weight is 272 g/mol. The number of hydrogen-bond acceptors (Lipinski definition) is 5. The molecule has 0 radical (unpaired) electrons. The van der Waals surface area contributed by atoms with Crippen molar-refractivity contribution in [3.8, 4) is 11.5 Å². The van der Waals surface area contributed by atoms with Crippen molar-refractivity contribution < 1.29 is 13.7 Å². The number of rotatable bonds is 2. The van der Waals surface area contributed by atoms with E-state index in [9.17, 15) is 0 Å². The largest absolute Gasteiger partial charge is 0.514 e. The number of aromatic nitrogens is 2. The van der Waals surface area contributed by atoms with Crippen molar-refractivity contribution >= 4 is 12.7 Å². The summed E-state index contributed by atoms with van der Waals surface area (Å²) in [5.74, 6) is 0.560. The summed E-state index contributed by atoms with van der Waals surface area (Å²) in [6.45, 7) is 8.08. The Balaban J connectivity index is 1.91. The molecule has 0 bridgehead atoms. The zero-order valence-corrected chi connectivity index (χ0v) is 12.1. The number of oxazole rings is 1. The van der Waals surface area contributed by atoms with Gasteiger partial charge >= 0.3 is 7.12 Å². The lowest BCUT2D eigenvalue weighted by molar-refractivity contribution is 0.00578. The van der Waals surface area contributed by atoms with E-state index in [4.69, 9.17) is 13.7 Å². The number of pyridine rings is 1. The third-order valence-corrected chi connectivity index (χ3v) is 3.96. The maximum atomic E-state index is 5.99. The van der Waals surface area contributed by atoms with E-state index in [2.05, 4.69) is 9.97 Å². The highest BCUT2D eigenvalue weighted by Crippen LogP contribution is 2.36. The van der Waals surface area contributed by atoms with E-state index < -0.39 is 7.12 Å². The van der Waals surface area contributed by atoms with E-state index in [0.29, 0.717) is 5.89 Å². The van der Waals surface area contributed by atoms with Gasteiger partial charge in [0.1, 0.15) is 6.26 Å². The molecule has 0 amide bonds. The highest BCUT2D eigenvalue weighted by Gasteiger charge is 2.52. The summed E-state index contributed by atoms with van der Waals surface area (Å²) in [6.07, 6.45) is 4.87. The van der Waals surface area contributed by atoms with Crippen molar-refractivity contribution in [1.29, 1.82) is 0 Å². The summed E-state index contributed by atoms with van der Waals surface area (Å²) in [6, 6.07) is 3.73. The van der Waals surface area contributed by atoms with Crippen LogP contribution in [0.25, 0.3) is 11.5 Å². The van der Waals surface area contributed by atoms with Crippen molar-refractivity contribution in [2.24, 2.45) is 0 Å². The second-order valence-electron chi connectivity index (χ2n) is 5.89. The summed E-state index contributed by atoms with van der Waals surface area (Å²) < 4.78 is 17.3. The molecule has 2 aromatic heterocycles.